The van der Waals surface area contributed by atoms with Gasteiger partial charge in [-0.3, -0.25) is 53.2 Å². The third-order valence-corrected chi connectivity index (χ3v) is 13.1. The first kappa shape index (κ1) is 59.6. The maximum Gasteiger partial charge on any atom is 0.326 e. The van der Waals surface area contributed by atoms with Crippen LogP contribution in [0.1, 0.15) is 63.4 Å². The van der Waals surface area contributed by atoms with Crippen LogP contribution in [0.4, 0.5) is 4.79 Å². The number of rotatable bonds is 27. The molecule has 25 heteroatoms. The molecule has 0 bridgehead atoms. The lowest BCUT2D eigenvalue weighted by atomic mass is 9.81. The number of hydrogen-bond acceptors (Lipinski definition) is 14. The average molecular weight is 1040 g/mol. The summed E-state index contributed by atoms with van der Waals surface area (Å²) in [5, 5.41) is 71.4. The summed E-state index contributed by atoms with van der Waals surface area (Å²) in [5.41, 5.74) is 0.803. The molecule has 2 aliphatic rings. The van der Waals surface area contributed by atoms with Crippen molar-refractivity contribution >= 4 is 70.3 Å². The van der Waals surface area contributed by atoms with E-state index in [2.05, 4.69) is 26.6 Å². The Bertz CT molecular complexity index is 2230. The Labute approximate surface area is 428 Å². The molecule has 0 spiro atoms. The number of carbonyl (C=O) groups is 10. The topological polar surface area (TPSA) is 365 Å². The summed E-state index contributed by atoms with van der Waals surface area (Å²) in [4.78, 5) is 129. The maximum atomic E-state index is 13.8. The molecule has 0 radical (unpaired) electrons. The summed E-state index contributed by atoms with van der Waals surface area (Å²) in [6.45, 7) is 1.73. The molecule has 1 aliphatic carbocycles. The number of unbranched alkanes of at least 4 members (excludes halogenated alkanes) is 1. The fourth-order valence-corrected chi connectivity index (χ4v) is 8.98. The Balaban J connectivity index is 1.30. The van der Waals surface area contributed by atoms with Crippen LogP contribution in [0.25, 0.3) is 10.8 Å². The highest BCUT2D eigenvalue weighted by atomic mass is 16.4. The van der Waals surface area contributed by atoms with Gasteiger partial charge in [-0.05, 0) is 73.6 Å². The quantitative estimate of drug-likeness (QED) is 0.0508. The lowest BCUT2D eigenvalue weighted by Crippen LogP contribution is -2.51. The molecule has 408 valence electrons. The van der Waals surface area contributed by atoms with Crippen molar-refractivity contribution in [2.75, 3.05) is 91.6 Å². The van der Waals surface area contributed by atoms with Crippen LogP contribution in [0, 0.1) is 11.8 Å². The van der Waals surface area contributed by atoms with Gasteiger partial charge in [0, 0.05) is 84.2 Å². The number of nitrogens with one attached hydrogen (secondary N) is 5. The summed E-state index contributed by atoms with van der Waals surface area (Å²) in [5.74, 6) is -8.66. The molecular weight excluding hydrogens is 971 g/mol. The number of nitrogens with zero attached hydrogens (tertiary/aromatic N) is 4. The zero-order valence-electron chi connectivity index (χ0n) is 41.5. The summed E-state index contributed by atoms with van der Waals surface area (Å²) in [6.07, 6.45) is 1.91. The molecule has 1 aliphatic heterocycles. The van der Waals surface area contributed by atoms with Gasteiger partial charge >= 0.3 is 41.8 Å². The molecule has 5 amide bonds. The molecule has 1 saturated carbocycles. The van der Waals surface area contributed by atoms with Crippen LogP contribution in [0.2, 0.25) is 0 Å². The second-order valence-corrected chi connectivity index (χ2v) is 18.9. The van der Waals surface area contributed by atoms with Gasteiger partial charge < -0.3 is 57.2 Å². The summed E-state index contributed by atoms with van der Waals surface area (Å²) in [7, 11) is 0. The van der Waals surface area contributed by atoms with Gasteiger partial charge in [0.1, 0.15) is 18.1 Å². The largest absolute Gasteiger partial charge is 0.481 e. The van der Waals surface area contributed by atoms with E-state index < -0.39 is 84.6 Å². The smallest absolute Gasteiger partial charge is 0.326 e. The Morgan fingerprint density at radius 2 is 1.03 bits per heavy atom. The number of benzene rings is 2. The first-order valence-electron chi connectivity index (χ1n) is 24.9. The van der Waals surface area contributed by atoms with E-state index in [0.717, 1.165) is 16.3 Å². The van der Waals surface area contributed by atoms with Crippen LogP contribution in [0.3, 0.4) is 0 Å². The van der Waals surface area contributed by atoms with Crippen LogP contribution >= 0.6 is 0 Å². The van der Waals surface area contributed by atoms with Gasteiger partial charge in [0.05, 0.1) is 26.2 Å². The molecule has 0 aromatic heterocycles. The fraction of sp³-hybridized carbons (Fsp3) is 0.592. The van der Waals surface area contributed by atoms with E-state index >= 15 is 0 Å². The van der Waals surface area contributed by atoms with E-state index in [-0.39, 0.29) is 115 Å². The zero-order valence-corrected chi connectivity index (χ0v) is 41.5. The molecule has 1 saturated heterocycles. The van der Waals surface area contributed by atoms with Crippen molar-refractivity contribution in [2.45, 2.75) is 82.3 Å². The Morgan fingerprint density at radius 1 is 0.527 bits per heavy atom. The highest BCUT2D eigenvalue weighted by molar-refractivity contribution is 5.90. The van der Waals surface area contributed by atoms with Crippen molar-refractivity contribution in [3.63, 3.8) is 0 Å². The van der Waals surface area contributed by atoms with E-state index in [1.807, 2.05) is 47.4 Å². The third kappa shape index (κ3) is 22.4. The van der Waals surface area contributed by atoms with Crippen molar-refractivity contribution in [2.24, 2.45) is 11.8 Å². The van der Waals surface area contributed by atoms with Gasteiger partial charge in [0.25, 0.3) is 0 Å². The van der Waals surface area contributed by atoms with E-state index in [0.29, 0.717) is 45.3 Å². The predicted molar refractivity (Wildman–Crippen MR) is 265 cm³/mol. The van der Waals surface area contributed by atoms with E-state index in [1.54, 1.807) is 14.7 Å². The number of carboxylic acids is 6. The van der Waals surface area contributed by atoms with Gasteiger partial charge in [-0.1, -0.05) is 42.5 Å². The van der Waals surface area contributed by atoms with E-state index in [1.165, 1.54) is 0 Å². The Hall–Kier alpha value is -6.96. The lowest BCUT2D eigenvalue weighted by molar-refractivity contribution is -0.141. The number of fused-ring (bicyclic) bond motifs is 1. The molecule has 2 fully saturated rings. The van der Waals surface area contributed by atoms with Crippen molar-refractivity contribution in [1.29, 1.82) is 0 Å². The number of amides is 5. The number of carboxylic acid groups (broad SMARTS) is 6. The monoisotopic (exact) mass is 1040 g/mol. The Morgan fingerprint density at radius 3 is 1.53 bits per heavy atom. The highest BCUT2D eigenvalue weighted by Crippen LogP contribution is 2.29. The van der Waals surface area contributed by atoms with Crippen LogP contribution < -0.4 is 26.6 Å². The van der Waals surface area contributed by atoms with Gasteiger partial charge in [0.15, 0.2) is 0 Å². The molecule has 4 rings (SSSR count). The first-order valence-corrected chi connectivity index (χ1v) is 24.9. The summed E-state index contributed by atoms with van der Waals surface area (Å²) >= 11 is 0. The molecule has 74 heavy (non-hydrogen) atoms. The van der Waals surface area contributed by atoms with Crippen LogP contribution in [0.5, 0.6) is 0 Å². The van der Waals surface area contributed by atoms with Crippen LogP contribution in [-0.2, 0) is 49.6 Å². The van der Waals surface area contributed by atoms with Crippen molar-refractivity contribution in [1.82, 2.24) is 46.2 Å². The van der Waals surface area contributed by atoms with E-state index in [4.69, 9.17) is 5.11 Å². The van der Waals surface area contributed by atoms with Gasteiger partial charge in [-0.2, -0.15) is 0 Å². The predicted octanol–water partition coefficient (Wildman–Crippen LogP) is -0.378. The molecule has 25 nitrogen and oxygen atoms in total. The molecule has 2 aromatic carbocycles. The second kappa shape index (κ2) is 30.9. The number of aliphatic carboxylic acids is 6. The summed E-state index contributed by atoms with van der Waals surface area (Å²) < 4.78 is 0. The fourth-order valence-electron chi connectivity index (χ4n) is 8.98. The summed E-state index contributed by atoms with van der Waals surface area (Å²) in [6, 6.07) is 8.44. The minimum atomic E-state index is -1.55. The van der Waals surface area contributed by atoms with Gasteiger partial charge in [-0.15, -0.1) is 0 Å². The zero-order chi connectivity index (χ0) is 54.2. The molecule has 2 unspecified atom stereocenters. The molecule has 2 aromatic rings. The number of urea groups is 1. The molecule has 11 N–H and O–H groups in total. The molecule has 1 heterocycles. The minimum Gasteiger partial charge on any atom is -0.481 e. The van der Waals surface area contributed by atoms with Crippen LogP contribution in [-0.4, -0.2) is 220 Å². The standard InChI is InChI=1S/C49H71N9O16/c59-40(28-55-17-19-56(29-42(62)63)21-23-58(31-44(66)67)24-22-57(20-18-55)30-43(64)65)51-27-32-8-12-35(13-9-32)45(68)52-39(26-33-10-11-34-5-1-2-6-36(34)25-33)46(69)50-16-4-3-7-37(47(70)71)53-49(74)54-38(48(72)73)14-15-41(60)61/h1-2,5-6,10-11,25,32,35,37-39H,3-4,7-9,12-24,26-31H2,(H,50,69)(H,51,59)(H,52,68)(H,60,61)(H,62,63)(H,64,65)(H,66,67)(H,70,71)(H,72,73)(H2,53,54,74)/t32?,35?,37-,38?,39?/m0/s1. The molecular formula is C49H71N9O16. The van der Waals surface area contributed by atoms with Crippen molar-refractivity contribution in [3.05, 3.63) is 48.0 Å². The second-order valence-electron chi connectivity index (χ2n) is 18.9. The first-order chi connectivity index (χ1) is 35.2. The Kier molecular flexibility index (Phi) is 24.9. The maximum absolute atomic E-state index is 13.8. The molecule has 3 atom stereocenters. The SMILES string of the molecule is O=C(O)CCC(NC(=O)N[C@@H](CCCCNC(=O)C(Cc1ccc2ccccc2c1)NC(=O)C1CCC(CNC(=O)CN2CCN(CC(=O)O)CCN(CC(=O)O)CCN(CC(=O)O)CC2)CC1)C(=O)O)C(=O)O. The normalized spacial score (nSPS) is 18.8. The number of carbonyl (C=O) groups excluding carboxylic acids is 4. The van der Waals surface area contributed by atoms with E-state index in [9.17, 15) is 73.5 Å². The lowest BCUT2D eigenvalue weighted by Gasteiger charge is -2.33. The average Bonchev–Trinajstić information content (AvgIpc) is 3.34. The minimum absolute atomic E-state index is 0.0283. The third-order valence-electron chi connectivity index (χ3n) is 13.1. The van der Waals surface area contributed by atoms with Gasteiger partial charge in [-0.25, -0.2) is 14.4 Å². The van der Waals surface area contributed by atoms with Crippen molar-refractivity contribution < 1.29 is 78.6 Å². The van der Waals surface area contributed by atoms with Crippen LogP contribution in [0.15, 0.2) is 42.5 Å². The van der Waals surface area contributed by atoms with Gasteiger partial charge in [0.2, 0.25) is 17.7 Å². The highest BCUT2D eigenvalue weighted by Gasteiger charge is 2.31. The van der Waals surface area contributed by atoms with Crippen molar-refractivity contribution in [3.8, 4) is 0 Å². The number of hydrogen-bond donors (Lipinski definition) is 11.